The van der Waals surface area contributed by atoms with Crippen LogP contribution in [0.2, 0.25) is 0 Å². The van der Waals surface area contributed by atoms with Gasteiger partial charge in [0.15, 0.2) is 0 Å². The third-order valence-corrected chi connectivity index (χ3v) is 3.93. The number of hydrogen-bond acceptors (Lipinski definition) is 4. The van der Waals surface area contributed by atoms with Crippen LogP contribution < -0.4 is 0 Å². The van der Waals surface area contributed by atoms with E-state index in [0.29, 0.717) is 19.8 Å². The summed E-state index contributed by atoms with van der Waals surface area (Å²) in [6.07, 6.45) is 2.79. The largest absolute Gasteiger partial charge is 0.443 e. The van der Waals surface area contributed by atoms with Crippen molar-refractivity contribution in [1.29, 1.82) is 0 Å². The van der Waals surface area contributed by atoms with Gasteiger partial charge in [0.05, 0.1) is 19.4 Å². The predicted octanol–water partition coefficient (Wildman–Crippen LogP) is 3.84. The van der Waals surface area contributed by atoms with Crippen molar-refractivity contribution in [1.82, 2.24) is 5.01 Å². The number of nitrogens with zero attached hydrogens (tertiary/aromatic N) is 2. The van der Waals surface area contributed by atoms with Gasteiger partial charge >= 0.3 is 6.09 Å². The van der Waals surface area contributed by atoms with E-state index in [-0.39, 0.29) is 12.2 Å². The number of benzene rings is 2. The summed E-state index contributed by atoms with van der Waals surface area (Å²) in [4.78, 5) is 11.8. The molecule has 0 spiro atoms. The lowest BCUT2D eigenvalue weighted by Crippen LogP contribution is -2.19. The van der Waals surface area contributed by atoms with Crippen LogP contribution in [0, 0.1) is 0 Å². The van der Waals surface area contributed by atoms with Gasteiger partial charge in [-0.1, -0.05) is 60.7 Å². The van der Waals surface area contributed by atoms with Gasteiger partial charge in [-0.3, -0.25) is 0 Å². The minimum Gasteiger partial charge on any atom is -0.443 e. The van der Waals surface area contributed by atoms with E-state index < -0.39 is 0 Å². The van der Waals surface area contributed by atoms with Crippen LogP contribution >= 0.6 is 0 Å². The van der Waals surface area contributed by atoms with Crippen LogP contribution in [0.4, 0.5) is 4.79 Å². The van der Waals surface area contributed by atoms with Crippen LogP contribution in [0.1, 0.15) is 24.0 Å². The zero-order valence-corrected chi connectivity index (χ0v) is 14.1. The minimum absolute atomic E-state index is 0.124. The Bertz CT molecular complexity index is 689. The van der Waals surface area contributed by atoms with Gasteiger partial charge in [-0.15, -0.1) is 0 Å². The van der Waals surface area contributed by atoms with Gasteiger partial charge in [0, 0.05) is 6.61 Å². The van der Waals surface area contributed by atoms with E-state index in [1.165, 1.54) is 5.01 Å². The minimum atomic E-state index is -0.387. The van der Waals surface area contributed by atoms with E-state index in [1.807, 2.05) is 60.7 Å². The van der Waals surface area contributed by atoms with Gasteiger partial charge < -0.3 is 9.47 Å². The zero-order chi connectivity index (χ0) is 17.3. The van der Waals surface area contributed by atoms with Crippen LogP contribution in [0.25, 0.3) is 0 Å². The molecular weight excluding hydrogens is 316 g/mol. The maximum atomic E-state index is 11.8. The molecule has 0 N–H and O–H groups in total. The number of hydrogen-bond donors (Lipinski definition) is 0. The molecule has 1 heterocycles. The molecular formula is C20H22N2O3. The summed E-state index contributed by atoms with van der Waals surface area (Å²) in [5, 5.41) is 5.59. The van der Waals surface area contributed by atoms with Crippen molar-refractivity contribution in [2.24, 2.45) is 5.10 Å². The van der Waals surface area contributed by atoms with E-state index in [9.17, 15) is 4.79 Å². The summed E-state index contributed by atoms with van der Waals surface area (Å²) in [5.74, 6) is 0. The highest BCUT2D eigenvalue weighted by Gasteiger charge is 2.30. The second-order valence-corrected chi connectivity index (χ2v) is 5.92. The van der Waals surface area contributed by atoms with Crippen molar-refractivity contribution in [3.8, 4) is 0 Å². The number of cyclic esters (lactones) is 1. The Morgan fingerprint density at radius 2 is 1.84 bits per heavy atom. The molecule has 25 heavy (non-hydrogen) atoms. The topological polar surface area (TPSA) is 51.1 Å². The van der Waals surface area contributed by atoms with E-state index in [2.05, 4.69) is 5.10 Å². The predicted molar refractivity (Wildman–Crippen MR) is 96.3 cm³/mol. The summed E-state index contributed by atoms with van der Waals surface area (Å²) in [6, 6.07) is 19.8. The van der Waals surface area contributed by atoms with E-state index in [4.69, 9.17) is 9.47 Å². The molecule has 0 bridgehead atoms. The number of carbonyl (C=O) groups excluding carboxylic acids is 1. The van der Waals surface area contributed by atoms with E-state index >= 15 is 0 Å². The van der Waals surface area contributed by atoms with Crippen LogP contribution in [0.3, 0.4) is 0 Å². The summed E-state index contributed by atoms with van der Waals surface area (Å²) >= 11 is 0. The number of amides is 1. The van der Waals surface area contributed by atoms with E-state index in [1.54, 1.807) is 6.21 Å². The Hall–Kier alpha value is -2.66. The first kappa shape index (κ1) is 17.2. The molecule has 5 nitrogen and oxygen atoms in total. The second kappa shape index (κ2) is 8.99. The normalized spacial score (nSPS) is 17.2. The molecule has 3 rings (SSSR count). The number of carbonyl (C=O) groups is 1. The van der Waals surface area contributed by atoms with Crippen molar-refractivity contribution in [3.05, 3.63) is 71.8 Å². The van der Waals surface area contributed by atoms with Gasteiger partial charge in [-0.2, -0.15) is 10.1 Å². The molecule has 1 atom stereocenters. The van der Waals surface area contributed by atoms with Crippen molar-refractivity contribution >= 4 is 12.3 Å². The van der Waals surface area contributed by atoms with Gasteiger partial charge in [0.2, 0.25) is 0 Å². The maximum Gasteiger partial charge on any atom is 0.430 e. The Kier molecular flexibility index (Phi) is 6.17. The summed E-state index contributed by atoms with van der Waals surface area (Å²) in [6.45, 7) is 1.75. The average Bonchev–Trinajstić information content (AvgIpc) is 3.01. The number of ether oxygens (including phenoxy) is 2. The molecule has 5 heteroatoms. The highest BCUT2D eigenvalue weighted by molar-refractivity contribution is 5.81. The Balaban J connectivity index is 1.36. The summed E-state index contributed by atoms with van der Waals surface area (Å²) in [5.41, 5.74) is 2.12. The molecule has 0 saturated carbocycles. The van der Waals surface area contributed by atoms with Crippen LogP contribution in [0.5, 0.6) is 0 Å². The van der Waals surface area contributed by atoms with Gasteiger partial charge in [-0.25, -0.2) is 4.79 Å². The van der Waals surface area contributed by atoms with Crippen LogP contribution in [-0.2, 0) is 16.1 Å². The smallest absolute Gasteiger partial charge is 0.430 e. The standard InChI is InChI=1S/C20H22N2O3/c23-20-22(21-14-17-8-3-1-4-9-17)15-19(25-20)12-7-13-24-16-18-10-5-2-6-11-18/h1-6,8-11,14,19H,7,12-13,15-16H2/b21-14+. The molecule has 1 aliphatic heterocycles. The monoisotopic (exact) mass is 338 g/mol. The third-order valence-electron chi connectivity index (χ3n) is 3.93. The second-order valence-electron chi connectivity index (χ2n) is 5.92. The highest BCUT2D eigenvalue weighted by Crippen LogP contribution is 2.16. The molecule has 1 fully saturated rings. The molecule has 0 aromatic heterocycles. The fourth-order valence-corrected chi connectivity index (χ4v) is 2.61. The SMILES string of the molecule is O=C1OC(CCCOCc2ccccc2)CN1/N=C/c1ccccc1. The van der Waals surface area contributed by atoms with E-state index in [0.717, 1.165) is 24.0 Å². The molecule has 1 saturated heterocycles. The van der Waals surface area contributed by atoms with Crippen molar-refractivity contribution in [2.75, 3.05) is 13.2 Å². The average molecular weight is 338 g/mol. The van der Waals surface area contributed by atoms with Crippen LogP contribution in [-0.4, -0.2) is 36.6 Å². The molecule has 0 radical (unpaired) electrons. The van der Waals surface area contributed by atoms with Gasteiger partial charge in [0.1, 0.15) is 6.10 Å². The summed E-state index contributed by atoms with van der Waals surface area (Å²) < 4.78 is 11.0. The lowest BCUT2D eigenvalue weighted by molar-refractivity contribution is 0.0967. The molecule has 130 valence electrons. The van der Waals surface area contributed by atoms with Crippen molar-refractivity contribution in [3.63, 3.8) is 0 Å². The lowest BCUT2D eigenvalue weighted by Gasteiger charge is -2.08. The molecule has 1 unspecified atom stereocenters. The fourth-order valence-electron chi connectivity index (χ4n) is 2.61. The van der Waals surface area contributed by atoms with Crippen LogP contribution in [0.15, 0.2) is 65.8 Å². The van der Waals surface area contributed by atoms with Crippen molar-refractivity contribution in [2.45, 2.75) is 25.6 Å². The first-order chi connectivity index (χ1) is 12.3. The molecule has 0 aliphatic carbocycles. The highest BCUT2D eigenvalue weighted by atomic mass is 16.6. The Morgan fingerprint density at radius 1 is 1.12 bits per heavy atom. The maximum absolute atomic E-state index is 11.8. The zero-order valence-electron chi connectivity index (χ0n) is 14.1. The number of rotatable bonds is 8. The molecule has 1 amide bonds. The molecule has 2 aromatic carbocycles. The quantitative estimate of drug-likeness (QED) is 0.543. The lowest BCUT2D eigenvalue weighted by atomic mass is 10.2. The van der Waals surface area contributed by atoms with Crippen molar-refractivity contribution < 1.29 is 14.3 Å². The molecule has 1 aliphatic rings. The molecule has 2 aromatic rings. The first-order valence-corrected chi connectivity index (χ1v) is 8.50. The fraction of sp³-hybridized carbons (Fsp3) is 0.300. The number of hydrazone groups is 1. The van der Waals surface area contributed by atoms with Gasteiger partial charge in [-0.05, 0) is 24.0 Å². The van der Waals surface area contributed by atoms with Gasteiger partial charge in [0.25, 0.3) is 0 Å². The third kappa shape index (κ3) is 5.43. The first-order valence-electron chi connectivity index (χ1n) is 8.50. The Labute approximate surface area is 147 Å². The Morgan fingerprint density at radius 3 is 2.60 bits per heavy atom. The summed E-state index contributed by atoms with van der Waals surface area (Å²) in [7, 11) is 0.